The predicted octanol–water partition coefficient (Wildman–Crippen LogP) is 5.48. The van der Waals surface area contributed by atoms with Crippen LogP contribution in [0.2, 0.25) is 0 Å². The number of urea groups is 1. The van der Waals surface area contributed by atoms with Gasteiger partial charge >= 0.3 is 6.03 Å². The largest absolute Gasteiger partial charge is 0.496 e. The van der Waals surface area contributed by atoms with Gasteiger partial charge in [0.05, 0.1) is 19.9 Å². The first kappa shape index (κ1) is 23.5. The highest BCUT2D eigenvalue weighted by atomic mass is 19.1. The van der Waals surface area contributed by atoms with Crippen LogP contribution in [-0.2, 0) is 19.4 Å². The summed E-state index contributed by atoms with van der Waals surface area (Å²) in [6.45, 7) is 4.21. The molecule has 0 aliphatic heterocycles. The van der Waals surface area contributed by atoms with Crippen molar-refractivity contribution in [2.45, 2.75) is 39.3 Å². The zero-order valence-electron chi connectivity index (χ0n) is 19.7. The molecule has 5 nitrogen and oxygen atoms in total. The number of carbonyl (C=O) groups excluding carboxylic acids is 1. The Kier molecular flexibility index (Phi) is 6.72. The molecule has 1 aliphatic rings. The summed E-state index contributed by atoms with van der Waals surface area (Å²) < 4.78 is 40.0. The number of ether oxygens (including phenoxy) is 2. The van der Waals surface area contributed by atoms with E-state index in [1.807, 2.05) is 44.2 Å². The lowest BCUT2D eigenvalue weighted by Crippen LogP contribution is -2.47. The Hall–Kier alpha value is -3.61. The van der Waals surface area contributed by atoms with E-state index in [1.54, 1.807) is 14.2 Å². The van der Waals surface area contributed by atoms with E-state index in [1.165, 1.54) is 11.0 Å². The maximum Gasteiger partial charge on any atom is 0.322 e. The van der Waals surface area contributed by atoms with Crippen LogP contribution in [0.4, 0.5) is 19.3 Å². The van der Waals surface area contributed by atoms with Crippen LogP contribution in [0.3, 0.4) is 0 Å². The van der Waals surface area contributed by atoms with Crippen molar-refractivity contribution in [2.75, 3.05) is 19.1 Å². The number of methoxy groups -OCH3 is 2. The fraction of sp³-hybridized carbons (Fsp3) is 0.296. The smallest absolute Gasteiger partial charge is 0.322 e. The van der Waals surface area contributed by atoms with Gasteiger partial charge in [-0.15, -0.1) is 0 Å². The normalized spacial score (nSPS) is 12.9. The van der Waals surface area contributed by atoms with Crippen LogP contribution in [0.5, 0.6) is 11.5 Å². The highest BCUT2D eigenvalue weighted by Crippen LogP contribution is 2.44. The van der Waals surface area contributed by atoms with Crippen molar-refractivity contribution in [3.8, 4) is 11.5 Å². The molecular formula is C27H28F2N2O3. The van der Waals surface area contributed by atoms with Crippen LogP contribution >= 0.6 is 0 Å². The maximum atomic E-state index is 14.9. The number of carbonyl (C=O) groups is 1. The third-order valence-electron chi connectivity index (χ3n) is 6.48. The lowest BCUT2D eigenvalue weighted by atomic mass is 9.98. The Bertz CT molecular complexity index is 1180. The number of amides is 2. The SMILES string of the molecule is COc1c(C)c(C)c(OC)c2c1CC(N(C(=O)NCc1ccccc1)c1ccc(F)cc1F)C2. The summed E-state index contributed by atoms with van der Waals surface area (Å²) in [5.41, 5.74) is 4.75. The molecule has 0 bridgehead atoms. The van der Waals surface area contributed by atoms with E-state index in [9.17, 15) is 13.6 Å². The Morgan fingerprint density at radius 3 is 2.09 bits per heavy atom. The Morgan fingerprint density at radius 2 is 1.56 bits per heavy atom. The van der Waals surface area contributed by atoms with Crippen molar-refractivity contribution >= 4 is 11.7 Å². The van der Waals surface area contributed by atoms with Crippen LogP contribution in [-0.4, -0.2) is 26.3 Å². The topological polar surface area (TPSA) is 50.8 Å². The van der Waals surface area contributed by atoms with Gasteiger partial charge in [-0.25, -0.2) is 13.6 Å². The van der Waals surface area contributed by atoms with Gasteiger partial charge in [-0.3, -0.25) is 4.90 Å². The quantitative estimate of drug-likeness (QED) is 0.523. The minimum Gasteiger partial charge on any atom is -0.496 e. The van der Waals surface area contributed by atoms with Crippen LogP contribution in [0.25, 0.3) is 0 Å². The molecule has 0 spiro atoms. The summed E-state index contributed by atoms with van der Waals surface area (Å²) >= 11 is 0. The molecule has 2 amide bonds. The molecule has 3 aromatic carbocycles. The Balaban J connectivity index is 1.72. The van der Waals surface area contributed by atoms with Gasteiger partial charge in [0.2, 0.25) is 0 Å². The third-order valence-corrected chi connectivity index (χ3v) is 6.48. The molecule has 0 heterocycles. The highest BCUT2D eigenvalue weighted by molar-refractivity contribution is 5.93. The second-order valence-electron chi connectivity index (χ2n) is 8.45. The highest BCUT2D eigenvalue weighted by Gasteiger charge is 2.37. The van der Waals surface area contributed by atoms with E-state index in [4.69, 9.17) is 9.47 Å². The number of hydrogen-bond donors (Lipinski definition) is 1. The monoisotopic (exact) mass is 466 g/mol. The average Bonchev–Trinajstić information content (AvgIpc) is 3.25. The van der Waals surface area contributed by atoms with Gasteiger partial charge in [-0.2, -0.15) is 0 Å². The number of nitrogens with one attached hydrogen (secondary N) is 1. The molecule has 0 saturated carbocycles. The second kappa shape index (κ2) is 9.71. The van der Waals surface area contributed by atoms with E-state index >= 15 is 0 Å². The first-order chi connectivity index (χ1) is 16.3. The molecule has 1 N–H and O–H groups in total. The number of nitrogens with zero attached hydrogens (tertiary/aromatic N) is 1. The molecule has 0 aromatic heterocycles. The molecule has 0 fully saturated rings. The number of benzene rings is 3. The van der Waals surface area contributed by atoms with Crippen molar-refractivity contribution in [3.63, 3.8) is 0 Å². The molecule has 34 heavy (non-hydrogen) atoms. The van der Waals surface area contributed by atoms with Crippen molar-refractivity contribution in [2.24, 2.45) is 0 Å². The van der Waals surface area contributed by atoms with Crippen LogP contribution in [0, 0.1) is 25.5 Å². The summed E-state index contributed by atoms with van der Waals surface area (Å²) in [6, 6.07) is 11.9. The second-order valence-corrected chi connectivity index (χ2v) is 8.45. The fourth-order valence-electron chi connectivity index (χ4n) is 4.78. The predicted molar refractivity (Wildman–Crippen MR) is 128 cm³/mol. The number of fused-ring (bicyclic) bond motifs is 1. The van der Waals surface area contributed by atoms with Crippen molar-refractivity contribution in [3.05, 3.63) is 88.0 Å². The van der Waals surface area contributed by atoms with E-state index in [-0.39, 0.29) is 12.2 Å². The number of hydrogen-bond acceptors (Lipinski definition) is 3. The first-order valence-corrected chi connectivity index (χ1v) is 11.1. The average molecular weight is 467 g/mol. The maximum absolute atomic E-state index is 14.9. The Morgan fingerprint density at radius 1 is 0.971 bits per heavy atom. The third kappa shape index (κ3) is 4.30. The zero-order valence-corrected chi connectivity index (χ0v) is 19.7. The Labute approximate surface area is 198 Å². The van der Waals surface area contributed by atoms with Gasteiger partial charge in [-0.1, -0.05) is 30.3 Å². The van der Waals surface area contributed by atoms with Crippen LogP contribution < -0.4 is 19.7 Å². The molecule has 0 saturated heterocycles. The molecule has 178 valence electrons. The van der Waals surface area contributed by atoms with Gasteiger partial charge in [-0.05, 0) is 55.5 Å². The first-order valence-electron chi connectivity index (χ1n) is 11.1. The lowest BCUT2D eigenvalue weighted by Gasteiger charge is -2.29. The minimum absolute atomic E-state index is 0.0242. The zero-order chi connectivity index (χ0) is 24.4. The van der Waals surface area contributed by atoms with Crippen molar-refractivity contribution in [1.29, 1.82) is 0 Å². The summed E-state index contributed by atoms with van der Waals surface area (Å²) in [4.78, 5) is 14.8. The molecule has 3 aromatic rings. The van der Waals surface area contributed by atoms with E-state index < -0.39 is 23.7 Å². The van der Waals surface area contributed by atoms with E-state index in [0.717, 1.165) is 51.4 Å². The van der Waals surface area contributed by atoms with Crippen LogP contribution in [0.15, 0.2) is 48.5 Å². The van der Waals surface area contributed by atoms with Gasteiger partial charge in [0.1, 0.15) is 23.1 Å². The summed E-state index contributed by atoms with van der Waals surface area (Å²) in [6.07, 6.45) is 0.900. The van der Waals surface area contributed by atoms with Gasteiger partial charge in [0.15, 0.2) is 0 Å². The number of anilines is 1. The van der Waals surface area contributed by atoms with Crippen molar-refractivity contribution in [1.82, 2.24) is 5.32 Å². The minimum atomic E-state index is -0.794. The summed E-state index contributed by atoms with van der Waals surface area (Å²) in [5.74, 6) is 0.00680. The molecule has 1 aliphatic carbocycles. The standard InChI is InChI=1S/C27H28F2N2O3/c1-16-17(2)26(34-4)22-14-20(13-21(22)25(16)33-3)31(24-11-10-19(28)12-23(24)29)27(32)30-15-18-8-6-5-7-9-18/h5-12,20H,13-15H2,1-4H3,(H,30,32). The number of halogens is 2. The van der Waals surface area contributed by atoms with Crippen molar-refractivity contribution < 1.29 is 23.0 Å². The molecular weight excluding hydrogens is 438 g/mol. The van der Waals surface area contributed by atoms with E-state index in [0.29, 0.717) is 12.8 Å². The molecule has 0 unspecified atom stereocenters. The molecule has 7 heteroatoms. The summed E-state index contributed by atoms with van der Waals surface area (Å²) in [5, 5.41) is 2.89. The molecule has 0 radical (unpaired) electrons. The summed E-state index contributed by atoms with van der Waals surface area (Å²) in [7, 11) is 3.23. The number of rotatable bonds is 6. The fourth-order valence-corrected chi connectivity index (χ4v) is 4.78. The van der Waals surface area contributed by atoms with Gasteiger partial charge < -0.3 is 14.8 Å². The molecule has 4 rings (SSSR count). The molecule has 0 atom stereocenters. The van der Waals surface area contributed by atoms with Gasteiger partial charge in [0.25, 0.3) is 0 Å². The van der Waals surface area contributed by atoms with Gasteiger partial charge in [0, 0.05) is 29.8 Å². The lowest BCUT2D eigenvalue weighted by molar-refractivity contribution is 0.243. The van der Waals surface area contributed by atoms with Crippen LogP contribution in [0.1, 0.15) is 27.8 Å². The van der Waals surface area contributed by atoms with E-state index in [2.05, 4.69) is 5.32 Å².